The number of nitrogens with zero attached hydrogens (tertiary/aromatic N) is 5. The lowest BCUT2D eigenvalue weighted by Gasteiger charge is -2.21. The molecule has 21 heavy (non-hydrogen) atoms. The summed E-state index contributed by atoms with van der Waals surface area (Å²) in [5, 5.41) is 16.2. The average molecular weight is 288 g/mol. The van der Waals surface area contributed by atoms with Gasteiger partial charge in [0.25, 0.3) is 0 Å². The molecule has 2 heterocycles. The van der Waals surface area contributed by atoms with Crippen LogP contribution in [-0.2, 0) is 13.6 Å². The fourth-order valence-electron chi connectivity index (χ4n) is 3.05. The van der Waals surface area contributed by atoms with E-state index in [9.17, 15) is 0 Å². The predicted molar refractivity (Wildman–Crippen MR) is 80.6 cm³/mol. The first kappa shape index (κ1) is 14.3. The monoisotopic (exact) mass is 288 g/mol. The zero-order chi connectivity index (χ0) is 14.7. The van der Waals surface area contributed by atoms with E-state index < -0.39 is 0 Å². The number of hydrogen-bond acceptors (Lipinski definition) is 4. The summed E-state index contributed by atoms with van der Waals surface area (Å²) < 4.78 is 4.10. The number of aromatic nitrogens is 5. The van der Waals surface area contributed by atoms with Gasteiger partial charge in [0.1, 0.15) is 12.2 Å². The molecule has 0 radical (unpaired) electrons. The summed E-state index contributed by atoms with van der Waals surface area (Å²) in [5.74, 6) is 0.946. The third-order valence-corrected chi connectivity index (χ3v) is 4.34. The highest BCUT2D eigenvalue weighted by Gasteiger charge is 2.16. The molecule has 0 aromatic carbocycles. The largest absolute Gasteiger partial charge is 0.319 e. The minimum Gasteiger partial charge on any atom is -0.319 e. The molecule has 2 aromatic rings. The highest BCUT2D eigenvalue weighted by molar-refractivity contribution is 5.01. The molecule has 0 spiro atoms. The first-order chi connectivity index (χ1) is 10.2. The zero-order valence-corrected chi connectivity index (χ0v) is 12.9. The van der Waals surface area contributed by atoms with Crippen molar-refractivity contribution in [2.45, 2.75) is 57.7 Å². The second kappa shape index (κ2) is 6.39. The van der Waals surface area contributed by atoms with E-state index in [0.29, 0.717) is 6.04 Å². The lowest BCUT2D eigenvalue weighted by atomic mass is 9.96. The van der Waals surface area contributed by atoms with Gasteiger partial charge < -0.3 is 9.88 Å². The minimum atomic E-state index is 0.164. The fourth-order valence-corrected chi connectivity index (χ4v) is 3.05. The van der Waals surface area contributed by atoms with Gasteiger partial charge in [-0.1, -0.05) is 19.3 Å². The van der Waals surface area contributed by atoms with E-state index in [1.165, 1.54) is 32.1 Å². The van der Waals surface area contributed by atoms with Gasteiger partial charge in [0.05, 0.1) is 17.8 Å². The van der Waals surface area contributed by atoms with E-state index in [1.807, 2.05) is 11.6 Å². The Bertz CT molecular complexity index is 566. The molecule has 0 bridgehead atoms. The third kappa shape index (κ3) is 3.32. The lowest BCUT2D eigenvalue weighted by Crippen LogP contribution is -2.21. The Kier molecular flexibility index (Phi) is 4.34. The van der Waals surface area contributed by atoms with Crippen LogP contribution in [0.25, 0.3) is 0 Å². The van der Waals surface area contributed by atoms with Gasteiger partial charge in [-0.25, -0.2) is 0 Å². The minimum absolute atomic E-state index is 0.164. The van der Waals surface area contributed by atoms with Crippen LogP contribution in [0.15, 0.2) is 18.6 Å². The SMILES string of the molecule is CC(NCc1ccn(C2CCCCC2)n1)c1nncn1C. The topological polar surface area (TPSA) is 60.6 Å². The van der Waals surface area contributed by atoms with Crippen molar-refractivity contribution in [3.8, 4) is 0 Å². The van der Waals surface area contributed by atoms with E-state index in [4.69, 9.17) is 5.10 Å². The van der Waals surface area contributed by atoms with Gasteiger partial charge in [-0.05, 0) is 25.8 Å². The van der Waals surface area contributed by atoms with Crippen LogP contribution in [-0.4, -0.2) is 24.5 Å². The number of nitrogens with one attached hydrogen (secondary N) is 1. The van der Waals surface area contributed by atoms with Crippen LogP contribution >= 0.6 is 0 Å². The molecule has 6 nitrogen and oxygen atoms in total. The molecule has 1 N–H and O–H groups in total. The molecule has 1 atom stereocenters. The van der Waals surface area contributed by atoms with Gasteiger partial charge in [0.2, 0.25) is 0 Å². The summed E-state index contributed by atoms with van der Waals surface area (Å²) in [4.78, 5) is 0. The second-order valence-electron chi connectivity index (χ2n) is 5.98. The molecular formula is C15H24N6. The van der Waals surface area contributed by atoms with E-state index in [1.54, 1.807) is 6.33 Å². The van der Waals surface area contributed by atoms with E-state index in [0.717, 1.165) is 18.1 Å². The molecule has 114 valence electrons. The molecule has 6 heteroatoms. The van der Waals surface area contributed by atoms with Crippen LogP contribution in [0.1, 0.15) is 62.6 Å². The van der Waals surface area contributed by atoms with Crippen LogP contribution in [0.2, 0.25) is 0 Å². The second-order valence-corrected chi connectivity index (χ2v) is 5.98. The van der Waals surface area contributed by atoms with E-state index >= 15 is 0 Å². The summed E-state index contributed by atoms with van der Waals surface area (Å²) in [6.07, 6.45) is 10.4. The summed E-state index contributed by atoms with van der Waals surface area (Å²) in [7, 11) is 1.96. The Morgan fingerprint density at radius 3 is 2.86 bits per heavy atom. The maximum Gasteiger partial charge on any atom is 0.149 e. The predicted octanol–water partition coefficient (Wildman–Crippen LogP) is 2.37. The molecule has 1 unspecified atom stereocenters. The zero-order valence-electron chi connectivity index (χ0n) is 12.9. The fraction of sp³-hybridized carbons (Fsp3) is 0.667. The van der Waals surface area contributed by atoms with Gasteiger partial charge >= 0.3 is 0 Å². The van der Waals surface area contributed by atoms with Crippen molar-refractivity contribution < 1.29 is 0 Å². The van der Waals surface area contributed by atoms with Crippen molar-refractivity contribution >= 4 is 0 Å². The molecular weight excluding hydrogens is 264 g/mol. The van der Waals surface area contributed by atoms with Crippen molar-refractivity contribution in [3.05, 3.63) is 30.1 Å². The molecule has 1 aliphatic carbocycles. The molecule has 2 aromatic heterocycles. The first-order valence-electron chi connectivity index (χ1n) is 7.85. The smallest absolute Gasteiger partial charge is 0.149 e. The van der Waals surface area contributed by atoms with E-state index in [-0.39, 0.29) is 6.04 Å². The van der Waals surface area contributed by atoms with E-state index in [2.05, 4.69) is 39.4 Å². The quantitative estimate of drug-likeness (QED) is 0.917. The molecule has 3 rings (SSSR count). The van der Waals surface area contributed by atoms with Crippen LogP contribution in [0, 0.1) is 0 Å². The Labute approximate surface area is 125 Å². The first-order valence-corrected chi connectivity index (χ1v) is 7.85. The van der Waals surface area contributed by atoms with Gasteiger partial charge in [0.15, 0.2) is 0 Å². The third-order valence-electron chi connectivity index (χ3n) is 4.34. The van der Waals surface area contributed by atoms with Crippen LogP contribution in [0.3, 0.4) is 0 Å². The maximum atomic E-state index is 4.72. The van der Waals surface area contributed by atoms with Crippen LogP contribution in [0.5, 0.6) is 0 Å². The molecule has 1 fully saturated rings. The molecule has 0 aliphatic heterocycles. The van der Waals surface area contributed by atoms with Crippen molar-refractivity contribution in [2.24, 2.45) is 7.05 Å². The molecule has 1 aliphatic rings. The van der Waals surface area contributed by atoms with Crippen molar-refractivity contribution in [1.29, 1.82) is 0 Å². The van der Waals surface area contributed by atoms with Gasteiger partial charge in [-0.3, -0.25) is 4.68 Å². The van der Waals surface area contributed by atoms with Gasteiger partial charge in [0, 0.05) is 19.8 Å². The summed E-state index contributed by atoms with van der Waals surface area (Å²) in [5.41, 5.74) is 1.09. The highest BCUT2D eigenvalue weighted by Crippen LogP contribution is 2.27. The average Bonchev–Trinajstić information content (AvgIpc) is 3.15. The van der Waals surface area contributed by atoms with Gasteiger partial charge in [-0.15, -0.1) is 10.2 Å². The number of rotatable bonds is 5. The van der Waals surface area contributed by atoms with Crippen LogP contribution in [0.4, 0.5) is 0 Å². The van der Waals surface area contributed by atoms with Crippen molar-refractivity contribution in [1.82, 2.24) is 29.9 Å². The summed E-state index contributed by atoms with van der Waals surface area (Å²) >= 11 is 0. The number of aryl methyl sites for hydroxylation is 1. The lowest BCUT2D eigenvalue weighted by molar-refractivity contribution is 0.327. The Morgan fingerprint density at radius 1 is 1.33 bits per heavy atom. The summed E-state index contributed by atoms with van der Waals surface area (Å²) in [6.45, 7) is 2.86. The standard InChI is InChI=1S/C15H24N6/c1-12(15-18-17-11-20(15)2)16-10-13-8-9-21(19-13)14-6-4-3-5-7-14/h8-9,11-12,14,16H,3-7,10H2,1-2H3. The Hall–Kier alpha value is -1.69. The highest BCUT2D eigenvalue weighted by atomic mass is 15.3. The Morgan fingerprint density at radius 2 is 2.14 bits per heavy atom. The van der Waals surface area contributed by atoms with Gasteiger partial charge in [-0.2, -0.15) is 5.10 Å². The normalized spacial score (nSPS) is 18.0. The van der Waals surface area contributed by atoms with Crippen molar-refractivity contribution in [3.63, 3.8) is 0 Å². The van der Waals surface area contributed by atoms with Crippen LogP contribution < -0.4 is 5.32 Å². The van der Waals surface area contributed by atoms with Crippen molar-refractivity contribution in [2.75, 3.05) is 0 Å². The molecule has 0 amide bonds. The Balaban J connectivity index is 1.56. The summed E-state index contributed by atoms with van der Waals surface area (Å²) in [6, 6.07) is 2.88. The molecule has 0 saturated heterocycles. The number of hydrogen-bond donors (Lipinski definition) is 1. The maximum absolute atomic E-state index is 4.72. The molecule has 1 saturated carbocycles.